The molecule has 0 unspecified atom stereocenters. The Balaban J connectivity index is 1.44. The van der Waals surface area contributed by atoms with Crippen molar-refractivity contribution in [2.24, 2.45) is 0 Å². The van der Waals surface area contributed by atoms with Crippen LogP contribution in [0.1, 0.15) is 38.9 Å². The van der Waals surface area contributed by atoms with E-state index >= 15 is 0 Å². The Morgan fingerprint density at radius 2 is 1.51 bits per heavy atom. The Hall–Kier alpha value is -5.43. The molecule has 4 aromatic carbocycles. The van der Waals surface area contributed by atoms with E-state index in [9.17, 15) is 14.4 Å². The lowest BCUT2D eigenvalue weighted by Gasteiger charge is -2.11. The summed E-state index contributed by atoms with van der Waals surface area (Å²) in [5, 5.41) is 3.35. The molecule has 204 valence electrons. The van der Waals surface area contributed by atoms with Crippen molar-refractivity contribution >= 4 is 40.5 Å². The van der Waals surface area contributed by atoms with E-state index in [0.717, 1.165) is 16.8 Å². The van der Waals surface area contributed by atoms with E-state index in [1.54, 1.807) is 49.4 Å². The Morgan fingerprint density at radius 3 is 2.24 bits per heavy atom. The maximum Gasteiger partial charge on any atom is 0.345 e. The number of ether oxygens (including phenoxy) is 2. The van der Waals surface area contributed by atoms with Crippen LogP contribution >= 0.6 is 0 Å². The lowest BCUT2D eigenvalue weighted by Crippen LogP contribution is -2.15. The zero-order valence-corrected chi connectivity index (χ0v) is 22.7. The van der Waals surface area contributed by atoms with Gasteiger partial charge in [0.1, 0.15) is 5.75 Å². The molecule has 0 fully saturated rings. The average Bonchev–Trinajstić information content (AvgIpc) is 3.28. The third kappa shape index (κ3) is 5.94. The van der Waals surface area contributed by atoms with Crippen molar-refractivity contribution in [2.75, 3.05) is 11.9 Å². The largest absolute Gasteiger partial charge is 0.462 e. The topological polar surface area (TPSA) is 86.6 Å². The Morgan fingerprint density at radius 1 is 0.829 bits per heavy atom. The number of fused-ring (bicyclic) bond motifs is 1. The molecular weight excluding hydrogens is 516 g/mol. The van der Waals surface area contributed by atoms with Gasteiger partial charge in [-0.1, -0.05) is 60.7 Å². The molecule has 0 spiro atoms. The maximum atomic E-state index is 13.3. The number of aromatic nitrogens is 1. The van der Waals surface area contributed by atoms with E-state index in [1.165, 1.54) is 6.08 Å². The lowest BCUT2D eigenvalue weighted by molar-refractivity contribution is -0.111. The fourth-order valence-electron chi connectivity index (χ4n) is 4.67. The number of rotatable bonds is 8. The molecule has 1 amide bonds. The van der Waals surface area contributed by atoms with Crippen LogP contribution in [0, 0.1) is 6.92 Å². The summed E-state index contributed by atoms with van der Waals surface area (Å²) in [4.78, 5) is 38.8. The van der Waals surface area contributed by atoms with Crippen molar-refractivity contribution in [3.63, 3.8) is 0 Å². The van der Waals surface area contributed by atoms with Crippen molar-refractivity contribution in [3.8, 4) is 11.4 Å². The first kappa shape index (κ1) is 27.1. The van der Waals surface area contributed by atoms with E-state index in [0.29, 0.717) is 22.3 Å². The van der Waals surface area contributed by atoms with Crippen LogP contribution in [-0.4, -0.2) is 29.0 Å². The highest BCUT2D eigenvalue weighted by Crippen LogP contribution is 2.33. The molecule has 7 nitrogen and oxygen atoms in total. The van der Waals surface area contributed by atoms with Gasteiger partial charge in [-0.25, -0.2) is 9.59 Å². The average molecular weight is 545 g/mol. The second-order valence-electron chi connectivity index (χ2n) is 9.20. The molecule has 0 aliphatic heterocycles. The molecule has 0 atom stereocenters. The maximum absolute atomic E-state index is 13.3. The molecule has 1 heterocycles. The first-order valence-electron chi connectivity index (χ1n) is 13.2. The second kappa shape index (κ2) is 12.2. The summed E-state index contributed by atoms with van der Waals surface area (Å²) in [5.41, 5.74) is 4.17. The number of benzene rings is 4. The van der Waals surface area contributed by atoms with Gasteiger partial charge in [-0.15, -0.1) is 0 Å². The summed E-state index contributed by atoms with van der Waals surface area (Å²) >= 11 is 0. The fraction of sp³-hybridized carbons (Fsp3) is 0.0882. The van der Waals surface area contributed by atoms with Crippen LogP contribution in [0.3, 0.4) is 0 Å². The van der Waals surface area contributed by atoms with Crippen LogP contribution < -0.4 is 10.1 Å². The monoisotopic (exact) mass is 544 g/mol. The molecule has 7 heteroatoms. The Kier molecular flexibility index (Phi) is 8.06. The molecular formula is C34H28N2O5. The SMILES string of the molecule is CCOC(=O)c1c(C)n(-c2ccccc2)c2ccc(OC(=O)c3ccccc3NC(=O)/C=C/c3ccccc3)cc12. The number of amides is 1. The first-order valence-corrected chi connectivity index (χ1v) is 13.2. The number of carbonyl (C=O) groups is 3. The summed E-state index contributed by atoms with van der Waals surface area (Å²) in [6, 6.07) is 30.9. The molecule has 0 saturated carbocycles. The van der Waals surface area contributed by atoms with Gasteiger partial charge in [-0.3, -0.25) is 4.79 Å². The van der Waals surface area contributed by atoms with Gasteiger partial charge in [0.25, 0.3) is 0 Å². The van der Waals surface area contributed by atoms with Crippen molar-refractivity contribution in [1.29, 1.82) is 0 Å². The summed E-state index contributed by atoms with van der Waals surface area (Å²) in [6.07, 6.45) is 3.10. The van der Waals surface area contributed by atoms with E-state index < -0.39 is 11.9 Å². The van der Waals surface area contributed by atoms with Crippen LogP contribution in [0.2, 0.25) is 0 Å². The van der Waals surface area contributed by atoms with E-state index in [1.807, 2.05) is 78.2 Å². The number of anilines is 1. The van der Waals surface area contributed by atoms with Crippen molar-refractivity contribution < 1.29 is 23.9 Å². The van der Waals surface area contributed by atoms with Gasteiger partial charge in [0, 0.05) is 22.8 Å². The normalized spacial score (nSPS) is 11.0. The molecule has 0 saturated heterocycles. The van der Waals surface area contributed by atoms with Gasteiger partial charge in [0.15, 0.2) is 0 Å². The van der Waals surface area contributed by atoms with E-state index in [-0.39, 0.29) is 23.8 Å². The number of esters is 2. The second-order valence-corrected chi connectivity index (χ2v) is 9.20. The van der Waals surface area contributed by atoms with Crippen LogP contribution in [0.25, 0.3) is 22.7 Å². The minimum absolute atomic E-state index is 0.192. The van der Waals surface area contributed by atoms with Crippen molar-refractivity contribution in [1.82, 2.24) is 4.57 Å². The zero-order chi connectivity index (χ0) is 28.8. The van der Waals surface area contributed by atoms with Gasteiger partial charge in [-0.2, -0.15) is 0 Å². The summed E-state index contributed by atoms with van der Waals surface area (Å²) in [6.45, 7) is 3.84. The lowest BCUT2D eigenvalue weighted by atomic mass is 10.1. The number of hydrogen-bond donors (Lipinski definition) is 1. The quantitative estimate of drug-likeness (QED) is 0.129. The minimum Gasteiger partial charge on any atom is -0.462 e. The third-order valence-electron chi connectivity index (χ3n) is 6.51. The molecule has 5 aromatic rings. The molecule has 5 rings (SSSR count). The number of nitrogens with one attached hydrogen (secondary N) is 1. The smallest absolute Gasteiger partial charge is 0.345 e. The molecule has 0 bridgehead atoms. The molecule has 1 N–H and O–H groups in total. The molecule has 0 aliphatic carbocycles. The number of para-hydroxylation sites is 2. The number of carbonyl (C=O) groups excluding carboxylic acids is 3. The molecule has 0 aliphatic rings. The van der Waals surface area contributed by atoms with Crippen molar-refractivity contribution in [2.45, 2.75) is 13.8 Å². The molecule has 0 radical (unpaired) electrons. The fourth-order valence-corrected chi connectivity index (χ4v) is 4.67. The van der Waals surface area contributed by atoms with Gasteiger partial charge in [-0.05, 0) is 68.0 Å². The highest BCUT2D eigenvalue weighted by molar-refractivity contribution is 6.08. The van der Waals surface area contributed by atoms with Gasteiger partial charge in [0.2, 0.25) is 5.91 Å². The van der Waals surface area contributed by atoms with E-state index in [2.05, 4.69) is 5.32 Å². The summed E-state index contributed by atoms with van der Waals surface area (Å²) in [7, 11) is 0. The van der Waals surface area contributed by atoms with Gasteiger partial charge < -0.3 is 19.4 Å². The van der Waals surface area contributed by atoms with Gasteiger partial charge in [0.05, 0.1) is 28.9 Å². The highest BCUT2D eigenvalue weighted by Gasteiger charge is 2.23. The van der Waals surface area contributed by atoms with Gasteiger partial charge >= 0.3 is 11.9 Å². The van der Waals surface area contributed by atoms with Crippen LogP contribution in [0.15, 0.2) is 109 Å². The third-order valence-corrected chi connectivity index (χ3v) is 6.51. The summed E-state index contributed by atoms with van der Waals surface area (Å²) in [5.74, 6) is -1.23. The number of hydrogen-bond acceptors (Lipinski definition) is 5. The van der Waals surface area contributed by atoms with Crippen LogP contribution in [0.4, 0.5) is 5.69 Å². The molecule has 41 heavy (non-hydrogen) atoms. The first-order chi connectivity index (χ1) is 20.0. The Bertz CT molecular complexity index is 1750. The zero-order valence-electron chi connectivity index (χ0n) is 22.7. The highest BCUT2D eigenvalue weighted by atomic mass is 16.5. The standard InChI is InChI=1S/C34H28N2O5/c1-3-40-34(39)32-23(2)36(25-14-8-5-9-15-25)30-20-19-26(22-28(30)32)41-33(38)27-16-10-11-17-29(27)35-31(37)21-18-24-12-6-4-7-13-24/h4-22H,3H2,1-2H3,(H,35,37)/b21-18+. The van der Waals surface area contributed by atoms with Crippen molar-refractivity contribution in [3.05, 3.63) is 132 Å². The predicted molar refractivity (Wildman–Crippen MR) is 159 cm³/mol. The number of nitrogens with zero attached hydrogens (tertiary/aromatic N) is 1. The summed E-state index contributed by atoms with van der Waals surface area (Å²) < 4.78 is 13.1. The minimum atomic E-state index is -0.649. The predicted octanol–water partition coefficient (Wildman–Crippen LogP) is 6.99. The molecule has 1 aromatic heterocycles. The van der Waals surface area contributed by atoms with Crippen LogP contribution in [-0.2, 0) is 9.53 Å². The Labute approximate surface area is 237 Å². The van der Waals surface area contributed by atoms with Crippen LogP contribution in [0.5, 0.6) is 5.75 Å². The van der Waals surface area contributed by atoms with E-state index in [4.69, 9.17) is 9.47 Å².